The highest BCUT2D eigenvalue weighted by Gasteiger charge is 2.23. The van der Waals surface area contributed by atoms with Crippen molar-refractivity contribution in [1.82, 2.24) is 30.2 Å². The van der Waals surface area contributed by atoms with Crippen LogP contribution in [0.2, 0.25) is 0 Å². The van der Waals surface area contributed by atoms with Crippen molar-refractivity contribution in [2.75, 3.05) is 13.2 Å². The Morgan fingerprint density at radius 3 is 2.72 bits per heavy atom. The summed E-state index contributed by atoms with van der Waals surface area (Å²) in [5.41, 5.74) is 1.08. The molecule has 2 N–H and O–H groups in total. The Balaban J connectivity index is 1.60. The quantitative estimate of drug-likeness (QED) is 0.829. The highest BCUT2D eigenvalue weighted by molar-refractivity contribution is 5.92. The molecule has 0 aromatic carbocycles. The molecule has 0 aliphatic heterocycles. The molecule has 25 heavy (non-hydrogen) atoms. The van der Waals surface area contributed by atoms with Crippen molar-refractivity contribution in [3.05, 3.63) is 36.2 Å². The maximum absolute atomic E-state index is 12.5. The summed E-state index contributed by atoms with van der Waals surface area (Å²) in [5, 5.41) is 6.25. The number of nitrogens with one attached hydrogen (secondary N) is 2. The molecule has 0 radical (unpaired) electrons. The largest absolute Gasteiger partial charge is 0.348 e. The summed E-state index contributed by atoms with van der Waals surface area (Å²) < 4.78 is 13.9. The van der Waals surface area contributed by atoms with E-state index in [4.69, 9.17) is 0 Å². The Labute approximate surface area is 146 Å². The Morgan fingerprint density at radius 2 is 2.04 bits per heavy atom. The van der Waals surface area contributed by atoms with Gasteiger partial charge in [0.1, 0.15) is 18.7 Å². The second kappa shape index (κ2) is 8.15. The van der Waals surface area contributed by atoms with Crippen LogP contribution >= 0.6 is 0 Å². The molecule has 7 nitrogen and oxygen atoms in total. The van der Waals surface area contributed by atoms with Gasteiger partial charge in [-0.1, -0.05) is 0 Å². The van der Waals surface area contributed by atoms with Crippen LogP contribution in [0.5, 0.6) is 0 Å². The van der Waals surface area contributed by atoms with Gasteiger partial charge in [-0.05, 0) is 38.7 Å². The molecule has 134 valence electrons. The number of amides is 1. The van der Waals surface area contributed by atoms with Crippen LogP contribution in [0.4, 0.5) is 4.39 Å². The molecule has 1 fully saturated rings. The van der Waals surface area contributed by atoms with Crippen molar-refractivity contribution in [1.29, 1.82) is 0 Å². The number of carbonyl (C=O) groups excluding carboxylic acids is 1. The van der Waals surface area contributed by atoms with E-state index in [2.05, 4.69) is 25.6 Å². The van der Waals surface area contributed by atoms with E-state index < -0.39 is 0 Å². The predicted octanol–water partition coefficient (Wildman–Crippen LogP) is 1.57. The third-order valence-corrected chi connectivity index (χ3v) is 4.40. The van der Waals surface area contributed by atoms with E-state index in [1.165, 1.54) is 0 Å². The van der Waals surface area contributed by atoms with Crippen molar-refractivity contribution < 1.29 is 9.18 Å². The zero-order valence-corrected chi connectivity index (χ0v) is 14.3. The Hall–Kier alpha value is -2.35. The van der Waals surface area contributed by atoms with Crippen LogP contribution in [-0.2, 0) is 0 Å². The lowest BCUT2D eigenvalue weighted by molar-refractivity contribution is 0.0918. The highest BCUT2D eigenvalue weighted by atomic mass is 19.1. The summed E-state index contributed by atoms with van der Waals surface area (Å²) >= 11 is 0. The van der Waals surface area contributed by atoms with Gasteiger partial charge in [0.15, 0.2) is 0 Å². The van der Waals surface area contributed by atoms with E-state index in [1.54, 1.807) is 29.4 Å². The molecule has 1 amide bonds. The molecule has 0 saturated heterocycles. The van der Waals surface area contributed by atoms with Crippen LogP contribution in [0.1, 0.15) is 41.9 Å². The summed E-state index contributed by atoms with van der Waals surface area (Å²) in [4.78, 5) is 25.2. The summed E-state index contributed by atoms with van der Waals surface area (Å²) in [6.45, 7) is 1.89. The molecule has 2 heterocycles. The average molecular weight is 346 g/mol. The van der Waals surface area contributed by atoms with Gasteiger partial charge in [0.2, 0.25) is 5.95 Å². The zero-order valence-electron chi connectivity index (χ0n) is 14.3. The normalized spacial score (nSPS) is 20.4. The Bertz CT molecular complexity index is 697. The number of alkyl halides is 1. The smallest absolute Gasteiger partial charge is 0.270 e. The number of nitrogens with zero attached hydrogens (tertiary/aromatic N) is 4. The Kier molecular flexibility index (Phi) is 5.70. The van der Waals surface area contributed by atoms with E-state index >= 15 is 0 Å². The molecule has 0 spiro atoms. The lowest BCUT2D eigenvalue weighted by atomic mass is 9.91. The molecule has 0 unspecified atom stereocenters. The molecule has 3 rings (SSSR count). The van der Waals surface area contributed by atoms with Gasteiger partial charge in [-0.15, -0.1) is 0 Å². The van der Waals surface area contributed by atoms with Crippen molar-refractivity contribution in [2.24, 2.45) is 0 Å². The van der Waals surface area contributed by atoms with Gasteiger partial charge in [-0.25, -0.2) is 19.3 Å². The van der Waals surface area contributed by atoms with Gasteiger partial charge < -0.3 is 10.6 Å². The first kappa shape index (κ1) is 17.5. The third-order valence-electron chi connectivity index (χ3n) is 4.40. The van der Waals surface area contributed by atoms with E-state index in [-0.39, 0.29) is 18.6 Å². The van der Waals surface area contributed by atoms with Gasteiger partial charge in [0.25, 0.3) is 5.91 Å². The second-order valence-electron chi connectivity index (χ2n) is 6.33. The summed E-state index contributed by atoms with van der Waals surface area (Å²) in [6.07, 6.45) is 8.62. The molecule has 0 bridgehead atoms. The number of aryl methyl sites for hydroxylation is 1. The van der Waals surface area contributed by atoms with Crippen molar-refractivity contribution in [2.45, 2.75) is 44.7 Å². The van der Waals surface area contributed by atoms with Crippen molar-refractivity contribution in [3.63, 3.8) is 0 Å². The molecular formula is C17H23FN6O. The number of halogens is 1. The fraction of sp³-hybridized carbons (Fsp3) is 0.529. The number of hydrogen-bond acceptors (Lipinski definition) is 5. The summed E-state index contributed by atoms with van der Waals surface area (Å²) in [5.74, 6) is 0.244. The van der Waals surface area contributed by atoms with Crippen LogP contribution in [0, 0.1) is 6.92 Å². The molecule has 1 aliphatic carbocycles. The molecule has 2 aromatic rings. The first-order valence-corrected chi connectivity index (χ1v) is 8.60. The van der Waals surface area contributed by atoms with Gasteiger partial charge in [0.05, 0.1) is 0 Å². The summed E-state index contributed by atoms with van der Waals surface area (Å²) in [7, 11) is 0. The number of imidazole rings is 1. The number of carbonyl (C=O) groups is 1. The lowest BCUT2D eigenvalue weighted by Crippen LogP contribution is -2.42. The fourth-order valence-corrected chi connectivity index (χ4v) is 3.12. The van der Waals surface area contributed by atoms with Gasteiger partial charge in [-0.2, -0.15) is 0 Å². The van der Waals surface area contributed by atoms with E-state index in [9.17, 15) is 9.18 Å². The molecule has 1 aliphatic rings. The average Bonchev–Trinajstić information content (AvgIpc) is 3.15. The minimum atomic E-state index is -0.344. The lowest BCUT2D eigenvalue weighted by Gasteiger charge is -2.29. The molecule has 8 heteroatoms. The monoisotopic (exact) mass is 346 g/mol. The van der Waals surface area contributed by atoms with Crippen LogP contribution in [0.15, 0.2) is 24.8 Å². The van der Waals surface area contributed by atoms with Crippen molar-refractivity contribution in [3.8, 4) is 5.95 Å². The number of rotatable bonds is 6. The second-order valence-corrected chi connectivity index (χ2v) is 6.33. The van der Waals surface area contributed by atoms with Crippen LogP contribution < -0.4 is 10.6 Å². The first-order chi connectivity index (χ1) is 12.2. The predicted molar refractivity (Wildman–Crippen MR) is 91.4 cm³/mol. The topological polar surface area (TPSA) is 84.7 Å². The van der Waals surface area contributed by atoms with Crippen LogP contribution in [-0.4, -0.2) is 50.7 Å². The molecule has 1 saturated carbocycles. The van der Waals surface area contributed by atoms with E-state index in [0.717, 1.165) is 31.4 Å². The van der Waals surface area contributed by atoms with Gasteiger partial charge >= 0.3 is 0 Å². The number of aromatic nitrogens is 4. The molecule has 0 atom stereocenters. The minimum Gasteiger partial charge on any atom is -0.348 e. The van der Waals surface area contributed by atoms with Gasteiger partial charge in [-0.3, -0.25) is 9.36 Å². The SMILES string of the molecule is Cc1cc(C(=O)N[C@H]2CC[C@H](NCCF)CC2)nc(-n2ccnc2)n1. The fourth-order valence-electron chi connectivity index (χ4n) is 3.12. The van der Waals surface area contributed by atoms with Crippen LogP contribution in [0.3, 0.4) is 0 Å². The zero-order chi connectivity index (χ0) is 17.6. The Morgan fingerprint density at radius 1 is 1.28 bits per heavy atom. The maximum atomic E-state index is 12.5. The molecular weight excluding hydrogens is 323 g/mol. The van der Waals surface area contributed by atoms with Gasteiger partial charge in [0, 0.05) is 36.7 Å². The maximum Gasteiger partial charge on any atom is 0.270 e. The van der Waals surface area contributed by atoms with Crippen molar-refractivity contribution >= 4 is 5.91 Å². The third kappa shape index (κ3) is 4.60. The highest BCUT2D eigenvalue weighted by Crippen LogP contribution is 2.19. The summed E-state index contributed by atoms with van der Waals surface area (Å²) in [6, 6.07) is 2.16. The minimum absolute atomic E-state index is 0.128. The van der Waals surface area contributed by atoms with Crippen LogP contribution in [0.25, 0.3) is 5.95 Å². The van der Waals surface area contributed by atoms with E-state index in [0.29, 0.717) is 24.2 Å². The van der Waals surface area contributed by atoms with E-state index in [1.807, 2.05) is 6.92 Å². The molecule has 2 aromatic heterocycles. The first-order valence-electron chi connectivity index (χ1n) is 8.60. The number of hydrogen-bond donors (Lipinski definition) is 2. The standard InChI is InChI=1S/C17H23FN6O/c1-12-10-15(23-17(21-12)24-9-8-19-11-24)16(25)22-14-4-2-13(3-5-14)20-7-6-18/h8-11,13-14,20H,2-7H2,1H3,(H,22,25)/t13-,14-.